The van der Waals surface area contributed by atoms with Crippen molar-refractivity contribution in [3.63, 3.8) is 0 Å². The Morgan fingerprint density at radius 2 is 1.62 bits per heavy atom. The van der Waals surface area contributed by atoms with Gasteiger partial charge in [-0.1, -0.05) is 62.4 Å². The van der Waals surface area contributed by atoms with Gasteiger partial charge in [0, 0.05) is 22.5 Å². The van der Waals surface area contributed by atoms with E-state index in [4.69, 9.17) is 0 Å². The minimum absolute atomic E-state index is 0.0517. The predicted octanol–water partition coefficient (Wildman–Crippen LogP) is 5.61. The van der Waals surface area contributed by atoms with Gasteiger partial charge in [-0.15, -0.1) is 0 Å². The minimum Gasteiger partial charge on any atom is -0.289 e. The van der Waals surface area contributed by atoms with Gasteiger partial charge in [0.25, 0.3) is 0 Å². The largest absolute Gasteiger partial charge is 0.289 e. The molecule has 0 spiro atoms. The molecule has 1 heterocycles. The molecule has 0 aliphatic heterocycles. The second kappa shape index (κ2) is 6.72. The Kier molecular flexibility index (Phi) is 4.26. The van der Waals surface area contributed by atoms with Crippen LogP contribution in [-0.4, -0.2) is 4.98 Å². The fourth-order valence-electron chi connectivity index (χ4n) is 3.44. The third-order valence-corrected chi connectivity index (χ3v) is 4.70. The Hall–Kier alpha value is -3.00. The van der Waals surface area contributed by atoms with E-state index < -0.39 is 0 Å². The third kappa shape index (κ3) is 3.11. The normalized spacial score (nSPS) is 11.3. The molecular weight excluding hydrogens is 318 g/mol. The van der Waals surface area contributed by atoms with Crippen LogP contribution in [0.15, 0.2) is 77.7 Å². The maximum Gasteiger partial charge on any atom is 0.195 e. The van der Waals surface area contributed by atoms with Crippen LogP contribution in [0.5, 0.6) is 0 Å². The lowest BCUT2D eigenvalue weighted by atomic mass is 10.00. The van der Waals surface area contributed by atoms with Crippen molar-refractivity contribution in [3.8, 4) is 11.1 Å². The molecule has 0 radical (unpaired) electrons. The van der Waals surface area contributed by atoms with Gasteiger partial charge in [0.05, 0.1) is 5.52 Å². The van der Waals surface area contributed by atoms with Gasteiger partial charge in [-0.3, -0.25) is 9.78 Å². The molecule has 2 heteroatoms. The number of hydrogen-bond acceptors (Lipinski definition) is 2. The van der Waals surface area contributed by atoms with Crippen LogP contribution < -0.4 is 5.43 Å². The van der Waals surface area contributed by atoms with Crippen LogP contribution in [0.3, 0.4) is 0 Å². The maximum absolute atomic E-state index is 13.3. The third-order valence-electron chi connectivity index (χ3n) is 4.70. The van der Waals surface area contributed by atoms with E-state index in [0.717, 1.165) is 33.8 Å². The summed E-state index contributed by atoms with van der Waals surface area (Å²) in [4.78, 5) is 17.8. The monoisotopic (exact) mass is 339 g/mol. The molecule has 4 aromatic rings. The van der Waals surface area contributed by atoms with E-state index in [1.54, 1.807) is 0 Å². The minimum atomic E-state index is 0.0517. The molecule has 0 saturated carbocycles. The zero-order valence-corrected chi connectivity index (χ0v) is 15.1. The summed E-state index contributed by atoms with van der Waals surface area (Å²) < 4.78 is 0. The van der Waals surface area contributed by atoms with Crippen LogP contribution >= 0.6 is 0 Å². The van der Waals surface area contributed by atoms with E-state index >= 15 is 0 Å². The lowest BCUT2D eigenvalue weighted by Gasteiger charge is -2.05. The first-order valence-corrected chi connectivity index (χ1v) is 9.03. The Labute approximate surface area is 153 Å². The Morgan fingerprint density at radius 1 is 0.846 bits per heavy atom. The van der Waals surface area contributed by atoms with E-state index in [1.165, 1.54) is 5.56 Å². The first-order chi connectivity index (χ1) is 12.6. The molecule has 0 fully saturated rings. The summed E-state index contributed by atoms with van der Waals surface area (Å²) in [6.07, 6.45) is 2.81. The molecule has 0 saturated heterocycles. The van der Waals surface area contributed by atoms with Crippen LogP contribution in [-0.2, 0) is 6.42 Å². The second-order valence-electron chi connectivity index (χ2n) is 7.20. The fraction of sp³-hybridized carbons (Fsp3) is 0.167. The first-order valence-electron chi connectivity index (χ1n) is 9.03. The first kappa shape index (κ1) is 16.5. The highest BCUT2D eigenvalue weighted by Crippen LogP contribution is 2.23. The van der Waals surface area contributed by atoms with Crippen molar-refractivity contribution >= 4 is 21.7 Å². The SMILES string of the molecule is CC(C)Cc1ccc2ccc3ncc(-c4ccccc4)cc3c(=O)c2c1. The van der Waals surface area contributed by atoms with Crippen LogP contribution in [0, 0.1) is 5.92 Å². The van der Waals surface area contributed by atoms with E-state index in [0.29, 0.717) is 11.3 Å². The average Bonchev–Trinajstić information content (AvgIpc) is 2.79. The summed E-state index contributed by atoms with van der Waals surface area (Å²) in [5, 5.41) is 2.40. The van der Waals surface area contributed by atoms with E-state index in [2.05, 4.69) is 24.9 Å². The van der Waals surface area contributed by atoms with Crippen molar-refractivity contribution in [3.05, 3.63) is 88.7 Å². The molecule has 0 aliphatic carbocycles. The molecule has 26 heavy (non-hydrogen) atoms. The van der Waals surface area contributed by atoms with Gasteiger partial charge in [0.2, 0.25) is 0 Å². The zero-order valence-electron chi connectivity index (χ0n) is 15.1. The summed E-state index contributed by atoms with van der Waals surface area (Å²) in [5.41, 5.74) is 4.02. The van der Waals surface area contributed by atoms with Crippen LogP contribution in [0.1, 0.15) is 19.4 Å². The fourth-order valence-corrected chi connectivity index (χ4v) is 3.44. The van der Waals surface area contributed by atoms with Gasteiger partial charge in [-0.25, -0.2) is 0 Å². The van der Waals surface area contributed by atoms with Crippen LogP contribution in [0.2, 0.25) is 0 Å². The summed E-state index contributed by atoms with van der Waals surface area (Å²) in [5.74, 6) is 0.558. The number of fused-ring (bicyclic) bond motifs is 2. The Balaban J connectivity index is 1.98. The smallest absolute Gasteiger partial charge is 0.195 e. The van der Waals surface area contributed by atoms with Gasteiger partial charge >= 0.3 is 0 Å². The van der Waals surface area contributed by atoms with Crippen molar-refractivity contribution in [2.45, 2.75) is 20.3 Å². The molecular formula is C24H21NO. The molecule has 0 atom stereocenters. The van der Waals surface area contributed by atoms with Crippen LogP contribution in [0.4, 0.5) is 0 Å². The Bertz CT molecular complexity index is 1150. The molecule has 4 rings (SSSR count). The number of benzene rings is 2. The van der Waals surface area contributed by atoms with E-state index in [-0.39, 0.29) is 5.43 Å². The maximum atomic E-state index is 13.3. The molecule has 0 amide bonds. The summed E-state index contributed by atoms with van der Waals surface area (Å²) in [6.45, 7) is 4.39. The highest BCUT2D eigenvalue weighted by Gasteiger charge is 2.07. The molecule has 128 valence electrons. The number of hydrogen-bond donors (Lipinski definition) is 0. The molecule has 0 N–H and O–H groups in total. The standard InChI is InChI=1S/C24H21NO/c1-16(2)12-17-8-9-19-10-11-23-22(24(26)21(19)13-17)14-20(15-25-23)18-6-4-3-5-7-18/h3-11,13-16H,12H2,1-2H3. The number of pyridine rings is 1. The van der Waals surface area contributed by atoms with Crippen molar-refractivity contribution in [1.29, 1.82) is 0 Å². The molecule has 0 bridgehead atoms. The zero-order chi connectivity index (χ0) is 18.1. The van der Waals surface area contributed by atoms with Gasteiger partial charge in [0.15, 0.2) is 5.43 Å². The van der Waals surface area contributed by atoms with E-state index in [9.17, 15) is 4.79 Å². The summed E-state index contributed by atoms with van der Waals surface area (Å²) in [7, 11) is 0. The summed E-state index contributed by atoms with van der Waals surface area (Å²) >= 11 is 0. The quantitative estimate of drug-likeness (QED) is 0.485. The van der Waals surface area contributed by atoms with Crippen molar-refractivity contribution in [2.75, 3.05) is 0 Å². The highest BCUT2D eigenvalue weighted by atomic mass is 16.1. The predicted molar refractivity (Wildman–Crippen MR) is 109 cm³/mol. The van der Waals surface area contributed by atoms with Gasteiger partial charge in [0.1, 0.15) is 0 Å². The van der Waals surface area contributed by atoms with Crippen molar-refractivity contribution in [1.82, 2.24) is 4.98 Å². The molecule has 0 aliphatic rings. The topological polar surface area (TPSA) is 30.0 Å². The van der Waals surface area contributed by atoms with Gasteiger partial charge in [-0.2, -0.15) is 0 Å². The number of aromatic nitrogens is 1. The molecule has 2 nitrogen and oxygen atoms in total. The Morgan fingerprint density at radius 3 is 2.38 bits per heavy atom. The lowest BCUT2D eigenvalue weighted by molar-refractivity contribution is 0.648. The second-order valence-corrected chi connectivity index (χ2v) is 7.20. The van der Waals surface area contributed by atoms with Crippen molar-refractivity contribution in [2.24, 2.45) is 5.92 Å². The molecule has 1 aromatic heterocycles. The highest BCUT2D eigenvalue weighted by molar-refractivity contribution is 5.93. The molecule has 0 unspecified atom stereocenters. The van der Waals surface area contributed by atoms with Gasteiger partial charge < -0.3 is 0 Å². The van der Waals surface area contributed by atoms with Crippen LogP contribution in [0.25, 0.3) is 32.8 Å². The van der Waals surface area contributed by atoms with Crippen molar-refractivity contribution < 1.29 is 0 Å². The number of nitrogens with zero attached hydrogens (tertiary/aromatic N) is 1. The summed E-state index contributed by atoms with van der Waals surface area (Å²) in [6, 6.07) is 22.2. The number of rotatable bonds is 3. The molecule has 3 aromatic carbocycles. The average molecular weight is 339 g/mol. The lowest BCUT2D eigenvalue weighted by Crippen LogP contribution is -2.01. The van der Waals surface area contributed by atoms with E-state index in [1.807, 2.05) is 66.9 Å². The van der Waals surface area contributed by atoms with Gasteiger partial charge in [-0.05, 0) is 47.1 Å².